The standard InChI is InChI=1S/C7H15NO5S/c1-2-3-4-5-6-12-14(10,11)13-7(8)9/h2-6H2,1H3,(H2,8,9). The Kier molecular flexibility index (Phi) is 6.22. The Hall–Kier alpha value is -0.820. The van der Waals surface area contributed by atoms with E-state index < -0.39 is 16.5 Å². The van der Waals surface area contributed by atoms with Crippen molar-refractivity contribution in [3.05, 3.63) is 0 Å². The lowest BCUT2D eigenvalue weighted by Crippen LogP contribution is -2.20. The van der Waals surface area contributed by atoms with E-state index >= 15 is 0 Å². The Balaban J connectivity index is 3.61. The van der Waals surface area contributed by atoms with Crippen LogP contribution in [0.25, 0.3) is 0 Å². The fourth-order valence-corrected chi connectivity index (χ4v) is 1.39. The molecule has 84 valence electrons. The molecule has 0 aliphatic heterocycles. The zero-order valence-electron chi connectivity index (χ0n) is 8.06. The van der Waals surface area contributed by atoms with E-state index in [2.05, 4.69) is 14.1 Å². The molecule has 0 fully saturated rings. The average molecular weight is 225 g/mol. The number of unbranched alkanes of at least 4 members (excludes halogenated alkanes) is 3. The summed E-state index contributed by atoms with van der Waals surface area (Å²) in [6.07, 6.45) is 2.15. The highest BCUT2D eigenvalue weighted by atomic mass is 32.3. The highest BCUT2D eigenvalue weighted by Crippen LogP contribution is 2.02. The Morgan fingerprint density at radius 1 is 1.29 bits per heavy atom. The van der Waals surface area contributed by atoms with Crippen LogP contribution in [0.15, 0.2) is 0 Å². The number of carbonyl (C=O) groups excluding carboxylic acids is 1. The van der Waals surface area contributed by atoms with Crippen molar-refractivity contribution in [1.82, 2.24) is 0 Å². The molecule has 0 atom stereocenters. The molecule has 6 nitrogen and oxygen atoms in total. The van der Waals surface area contributed by atoms with Crippen LogP contribution in [-0.2, 0) is 18.8 Å². The van der Waals surface area contributed by atoms with Gasteiger partial charge in [0, 0.05) is 0 Å². The van der Waals surface area contributed by atoms with Crippen molar-refractivity contribution in [2.45, 2.75) is 32.6 Å². The third-order valence-corrected chi connectivity index (χ3v) is 2.23. The van der Waals surface area contributed by atoms with Gasteiger partial charge in [-0.05, 0) is 6.42 Å². The van der Waals surface area contributed by atoms with Crippen LogP contribution in [0.5, 0.6) is 0 Å². The number of hydrogen-bond acceptors (Lipinski definition) is 5. The van der Waals surface area contributed by atoms with Crippen molar-refractivity contribution < 1.29 is 21.6 Å². The molecule has 0 aromatic heterocycles. The summed E-state index contributed by atoms with van der Waals surface area (Å²) in [6, 6.07) is 0. The van der Waals surface area contributed by atoms with Gasteiger partial charge in [-0.2, -0.15) is 8.42 Å². The summed E-state index contributed by atoms with van der Waals surface area (Å²) in [5, 5.41) is 0. The maximum atomic E-state index is 10.7. The first-order valence-electron chi connectivity index (χ1n) is 4.36. The first kappa shape index (κ1) is 13.2. The zero-order valence-corrected chi connectivity index (χ0v) is 8.88. The molecule has 0 aliphatic rings. The van der Waals surface area contributed by atoms with Gasteiger partial charge in [-0.15, -0.1) is 0 Å². The van der Waals surface area contributed by atoms with Gasteiger partial charge in [-0.1, -0.05) is 26.2 Å². The molecule has 0 rings (SSSR count). The molecular formula is C7H15NO5S. The van der Waals surface area contributed by atoms with E-state index in [4.69, 9.17) is 0 Å². The first-order valence-corrected chi connectivity index (χ1v) is 5.69. The maximum Gasteiger partial charge on any atom is 0.452 e. The van der Waals surface area contributed by atoms with Gasteiger partial charge in [0.05, 0.1) is 6.61 Å². The van der Waals surface area contributed by atoms with Crippen molar-refractivity contribution in [2.24, 2.45) is 5.73 Å². The van der Waals surface area contributed by atoms with Gasteiger partial charge in [0.15, 0.2) is 0 Å². The minimum absolute atomic E-state index is 0.00954. The summed E-state index contributed by atoms with van der Waals surface area (Å²) >= 11 is 0. The van der Waals surface area contributed by atoms with E-state index in [1.165, 1.54) is 0 Å². The molecule has 0 radical (unpaired) electrons. The summed E-state index contributed by atoms with van der Waals surface area (Å²) < 4.78 is 29.5. The van der Waals surface area contributed by atoms with Crippen molar-refractivity contribution >= 4 is 16.5 Å². The summed E-state index contributed by atoms with van der Waals surface area (Å²) in [7, 11) is -4.24. The molecule has 7 heteroatoms. The first-order chi connectivity index (χ1) is 6.48. The van der Waals surface area contributed by atoms with Gasteiger partial charge in [0.25, 0.3) is 0 Å². The van der Waals surface area contributed by atoms with Crippen LogP contribution >= 0.6 is 0 Å². The number of nitrogens with two attached hydrogens (primary N) is 1. The van der Waals surface area contributed by atoms with Crippen molar-refractivity contribution in [3.63, 3.8) is 0 Å². The number of carbonyl (C=O) groups is 1. The summed E-state index contributed by atoms with van der Waals surface area (Å²) in [4.78, 5) is 10.1. The topological polar surface area (TPSA) is 95.7 Å². The Morgan fingerprint density at radius 3 is 2.43 bits per heavy atom. The van der Waals surface area contributed by atoms with Crippen LogP contribution in [0.4, 0.5) is 4.79 Å². The zero-order chi connectivity index (χ0) is 11.0. The lowest BCUT2D eigenvalue weighted by Gasteiger charge is -2.02. The lowest BCUT2D eigenvalue weighted by molar-refractivity contribution is 0.193. The maximum absolute atomic E-state index is 10.7. The highest BCUT2D eigenvalue weighted by molar-refractivity contribution is 7.82. The summed E-state index contributed by atoms with van der Waals surface area (Å²) in [5.41, 5.74) is 4.51. The van der Waals surface area contributed by atoms with Gasteiger partial charge < -0.3 is 9.92 Å². The molecule has 14 heavy (non-hydrogen) atoms. The van der Waals surface area contributed by atoms with E-state index in [0.29, 0.717) is 6.42 Å². The van der Waals surface area contributed by atoms with Gasteiger partial charge in [-0.3, -0.25) is 0 Å². The lowest BCUT2D eigenvalue weighted by atomic mass is 10.2. The molecule has 0 saturated carbocycles. The fourth-order valence-electron chi connectivity index (χ4n) is 0.814. The SMILES string of the molecule is CCCCCCOS(=O)(=O)OC(N)=O. The predicted octanol–water partition coefficient (Wildman–Crippen LogP) is 0.923. The van der Waals surface area contributed by atoms with Crippen LogP contribution in [0.2, 0.25) is 0 Å². The van der Waals surface area contributed by atoms with Crippen LogP contribution in [0, 0.1) is 0 Å². The molecule has 0 aliphatic carbocycles. The largest absolute Gasteiger partial charge is 0.452 e. The molecule has 0 heterocycles. The van der Waals surface area contributed by atoms with Crippen molar-refractivity contribution in [3.8, 4) is 0 Å². The van der Waals surface area contributed by atoms with E-state index in [1.807, 2.05) is 6.92 Å². The molecular weight excluding hydrogens is 210 g/mol. The minimum atomic E-state index is -4.24. The molecule has 0 spiro atoms. The van der Waals surface area contributed by atoms with Crippen LogP contribution < -0.4 is 5.73 Å². The van der Waals surface area contributed by atoms with Crippen LogP contribution in [0.1, 0.15) is 32.6 Å². The molecule has 0 aromatic rings. The predicted molar refractivity (Wildman–Crippen MR) is 49.7 cm³/mol. The molecule has 2 N–H and O–H groups in total. The van der Waals surface area contributed by atoms with Crippen molar-refractivity contribution in [1.29, 1.82) is 0 Å². The fraction of sp³-hybridized carbons (Fsp3) is 0.857. The Morgan fingerprint density at radius 2 is 1.93 bits per heavy atom. The molecule has 0 bridgehead atoms. The van der Waals surface area contributed by atoms with E-state index in [0.717, 1.165) is 19.3 Å². The number of rotatable bonds is 7. The van der Waals surface area contributed by atoms with Crippen molar-refractivity contribution in [2.75, 3.05) is 6.61 Å². The van der Waals surface area contributed by atoms with Gasteiger partial charge in [0.1, 0.15) is 0 Å². The third-order valence-electron chi connectivity index (χ3n) is 1.41. The molecule has 0 aromatic carbocycles. The molecule has 0 saturated heterocycles. The summed E-state index contributed by atoms with van der Waals surface area (Å²) in [6.45, 7) is 2.05. The number of amides is 1. The number of primary amides is 1. The van der Waals surface area contributed by atoms with Gasteiger partial charge in [-0.25, -0.2) is 8.98 Å². The third kappa shape index (κ3) is 7.81. The molecule has 1 amide bonds. The monoisotopic (exact) mass is 225 g/mol. The quantitative estimate of drug-likeness (QED) is 0.650. The normalized spacial score (nSPS) is 11.2. The van der Waals surface area contributed by atoms with Gasteiger partial charge in [0.2, 0.25) is 0 Å². The average Bonchev–Trinajstić information content (AvgIpc) is 2.01. The van der Waals surface area contributed by atoms with E-state index in [1.54, 1.807) is 0 Å². The van der Waals surface area contributed by atoms with Gasteiger partial charge >= 0.3 is 16.5 Å². The van der Waals surface area contributed by atoms with E-state index in [9.17, 15) is 13.2 Å². The Bertz CT molecular complexity index is 261. The Labute approximate surface area is 83.7 Å². The van der Waals surface area contributed by atoms with Crippen LogP contribution in [0.3, 0.4) is 0 Å². The van der Waals surface area contributed by atoms with Crippen LogP contribution in [-0.4, -0.2) is 21.1 Å². The molecule has 0 unspecified atom stereocenters. The minimum Gasteiger partial charge on any atom is -0.334 e. The summed E-state index contributed by atoms with van der Waals surface area (Å²) in [5.74, 6) is 0. The smallest absolute Gasteiger partial charge is 0.334 e. The highest BCUT2D eigenvalue weighted by Gasteiger charge is 2.14. The second-order valence-corrected chi connectivity index (χ2v) is 3.91. The second kappa shape index (κ2) is 6.61. The number of hydrogen-bond donors (Lipinski definition) is 1. The van der Waals surface area contributed by atoms with E-state index in [-0.39, 0.29) is 6.61 Å². The second-order valence-electron chi connectivity index (χ2n) is 2.69.